The molecule has 2 aromatic rings. The number of carboxylic acids is 1. The number of anilines is 2. The third kappa shape index (κ3) is 4.72. The average molecular weight is 455 g/mol. The predicted molar refractivity (Wildman–Crippen MR) is 126 cm³/mol. The summed E-state index contributed by atoms with van der Waals surface area (Å²) in [5.41, 5.74) is 3.38. The summed E-state index contributed by atoms with van der Waals surface area (Å²) in [6.45, 7) is 4.05. The monoisotopic (exact) mass is 454 g/mol. The Labute approximate surface area is 192 Å². The Bertz CT molecular complexity index is 1030. The topological polar surface area (TPSA) is 95.5 Å². The molecule has 0 saturated heterocycles. The van der Waals surface area contributed by atoms with Gasteiger partial charge in [-0.15, -0.1) is 11.3 Å². The highest BCUT2D eigenvalue weighted by atomic mass is 32.1. The summed E-state index contributed by atoms with van der Waals surface area (Å²) in [5.74, 6) is -2.38. The number of fused-ring (bicyclic) bond motifs is 1. The molecule has 7 heteroatoms. The van der Waals surface area contributed by atoms with E-state index in [2.05, 4.69) is 17.6 Å². The van der Waals surface area contributed by atoms with Crippen LogP contribution < -0.4 is 10.6 Å². The number of amides is 2. The van der Waals surface area contributed by atoms with Gasteiger partial charge in [-0.2, -0.15) is 0 Å². The molecule has 32 heavy (non-hydrogen) atoms. The Morgan fingerprint density at radius 3 is 2.44 bits per heavy atom. The fourth-order valence-corrected chi connectivity index (χ4v) is 6.19. The van der Waals surface area contributed by atoms with Gasteiger partial charge in [0.15, 0.2) is 0 Å². The minimum absolute atomic E-state index is 0.227. The van der Waals surface area contributed by atoms with Crippen molar-refractivity contribution in [2.24, 2.45) is 17.8 Å². The van der Waals surface area contributed by atoms with E-state index in [1.807, 2.05) is 31.2 Å². The predicted octanol–water partition coefficient (Wildman–Crippen LogP) is 5.26. The van der Waals surface area contributed by atoms with Crippen molar-refractivity contribution >= 4 is 39.8 Å². The summed E-state index contributed by atoms with van der Waals surface area (Å²) in [4.78, 5) is 39.4. The van der Waals surface area contributed by atoms with E-state index < -0.39 is 17.8 Å². The van der Waals surface area contributed by atoms with Crippen molar-refractivity contribution in [1.29, 1.82) is 0 Å². The van der Waals surface area contributed by atoms with E-state index in [4.69, 9.17) is 0 Å². The lowest BCUT2D eigenvalue weighted by Gasteiger charge is -2.31. The zero-order valence-corrected chi connectivity index (χ0v) is 19.4. The van der Waals surface area contributed by atoms with Gasteiger partial charge in [-0.25, -0.2) is 0 Å². The average Bonchev–Trinajstić information content (AvgIpc) is 3.12. The standard InChI is InChI=1S/C25H30N2O4S/c1-14-7-10-16(11-8-14)26-23(29)21-18-5-3-4-6-20(18)32-24(21)27-22(28)19-13-15(2)9-12-17(19)25(30)31/h7-8,10-11,15,17,19H,3-6,9,12-13H2,1-2H3,(H,26,29)(H,27,28)(H,30,31). The second-order valence-corrected chi connectivity index (χ2v) is 10.3. The molecule has 3 atom stereocenters. The highest BCUT2D eigenvalue weighted by molar-refractivity contribution is 7.17. The first kappa shape index (κ1) is 22.5. The van der Waals surface area contributed by atoms with Crippen LogP contribution in [0.15, 0.2) is 24.3 Å². The first-order chi connectivity index (χ1) is 15.3. The van der Waals surface area contributed by atoms with Gasteiger partial charge >= 0.3 is 5.97 Å². The number of benzene rings is 1. The van der Waals surface area contributed by atoms with E-state index in [0.717, 1.165) is 48.1 Å². The van der Waals surface area contributed by atoms with Crippen molar-refractivity contribution in [3.8, 4) is 0 Å². The van der Waals surface area contributed by atoms with Crippen molar-refractivity contribution in [2.75, 3.05) is 10.6 Å². The molecular weight excluding hydrogens is 424 g/mol. The van der Waals surface area contributed by atoms with Crippen LogP contribution in [0.3, 0.4) is 0 Å². The lowest BCUT2D eigenvalue weighted by Crippen LogP contribution is -2.38. The number of carbonyl (C=O) groups is 3. The lowest BCUT2D eigenvalue weighted by atomic mass is 9.74. The minimum Gasteiger partial charge on any atom is -0.481 e. The Morgan fingerprint density at radius 1 is 1.00 bits per heavy atom. The van der Waals surface area contributed by atoms with E-state index in [1.165, 1.54) is 11.3 Å². The zero-order valence-electron chi connectivity index (χ0n) is 18.6. The summed E-state index contributed by atoms with van der Waals surface area (Å²) in [7, 11) is 0. The van der Waals surface area contributed by atoms with Crippen LogP contribution in [0.4, 0.5) is 10.7 Å². The SMILES string of the molecule is Cc1ccc(NC(=O)c2c(NC(=O)C3CC(C)CCC3C(=O)O)sc3c2CCCC3)cc1. The van der Waals surface area contributed by atoms with E-state index >= 15 is 0 Å². The van der Waals surface area contributed by atoms with Crippen molar-refractivity contribution in [3.63, 3.8) is 0 Å². The minimum atomic E-state index is -0.917. The summed E-state index contributed by atoms with van der Waals surface area (Å²) >= 11 is 1.47. The normalized spacial score (nSPS) is 22.6. The van der Waals surface area contributed by atoms with Gasteiger partial charge in [-0.05, 0) is 75.5 Å². The van der Waals surface area contributed by atoms with Crippen LogP contribution in [-0.4, -0.2) is 22.9 Å². The second kappa shape index (κ2) is 9.45. The van der Waals surface area contributed by atoms with Crippen molar-refractivity contribution in [3.05, 3.63) is 45.8 Å². The van der Waals surface area contributed by atoms with Crippen molar-refractivity contribution in [2.45, 2.75) is 58.8 Å². The van der Waals surface area contributed by atoms with E-state index in [0.29, 0.717) is 35.0 Å². The van der Waals surface area contributed by atoms with Gasteiger partial charge in [-0.1, -0.05) is 24.6 Å². The molecule has 1 fully saturated rings. The fraction of sp³-hybridized carbons (Fsp3) is 0.480. The highest BCUT2D eigenvalue weighted by Gasteiger charge is 2.39. The molecule has 2 amide bonds. The Hall–Kier alpha value is -2.67. The van der Waals surface area contributed by atoms with Gasteiger partial charge < -0.3 is 15.7 Å². The van der Waals surface area contributed by atoms with E-state index in [-0.39, 0.29) is 11.8 Å². The summed E-state index contributed by atoms with van der Waals surface area (Å²) in [6.07, 6.45) is 5.69. The first-order valence-corrected chi connectivity index (χ1v) is 12.2. The summed E-state index contributed by atoms with van der Waals surface area (Å²) in [5, 5.41) is 16.1. The largest absolute Gasteiger partial charge is 0.481 e. The molecule has 1 saturated carbocycles. The third-order valence-electron chi connectivity index (χ3n) is 6.71. The molecule has 0 aliphatic heterocycles. The third-order valence-corrected chi connectivity index (χ3v) is 7.92. The number of aliphatic carboxylic acids is 1. The van der Waals surface area contributed by atoms with Crippen LogP contribution in [-0.2, 0) is 22.4 Å². The molecule has 2 aliphatic rings. The molecule has 1 heterocycles. The van der Waals surface area contributed by atoms with Crippen LogP contribution in [0.2, 0.25) is 0 Å². The molecule has 1 aromatic carbocycles. The maximum Gasteiger partial charge on any atom is 0.307 e. The number of nitrogens with one attached hydrogen (secondary N) is 2. The van der Waals surface area contributed by atoms with E-state index in [1.54, 1.807) is 0 Å². The lowest BCUT2D eigenvalue weighted by molar-refractivity contribution is -0.148. The second-order valence-electron chi connectivity index (χ2n) is 9.19. The maximum absolute atomic E-state index is 13.3. The van der Waals surface area contributed by atoms with Crippen molar-refractivity contribution < 1.29 is 19.5 Å². The molecule has 2 aliphatic carbocycles. The highest BCUT2D eigenvalue weighted by Crippen LogP contribution is 2.40. The van der Waals surface area contributed by atoms with Crippen LogP contribution in [0.5, 0.6) is 0 Å². The van der Waals surface area contributed by atoms with Gasteiger partial charge in [0.1, 0.15) is 5.00 Å². The fourth-order valence-electron chi connectivity index (χ4n) is 4.90. The van der Waals surface area contributed by atoms with Gasteiger partial charge in [0.25, 0.3) is 5.91 Å². The van der Waals surface area contributed by atoms with Crippen LogP contribution in [0, 0.1) is 24.7 Å². The molecule has 4 rings (SSSR count). The molecule has 170 valence electrons. The Balaban J connectivity index is 1.61. The Morgan fingerprint density at radius 2 is 1.72 bits per heavy atom. The number of hydrogen-bond donors (Lipinski definition) is 3. The number of hydrogen-bond acceptors (Lipinski definition) is 4. The molecule has 0 spiro atoms. The molecule has 0 bridgehead atoms. The van der Waals surface area contributed by atoms with Gasteiger partial charge in [0, 0.05) is 10.6 Å². The molecular formula is C25H30N2O4S. The van der Waals surface area contributed by atoms with Crippen LogP contribution >= 0.6 is 11.3 Å². The molecule has 1 aromatic heterocycles. The zero-order chi connectivity index (χ0) is 22.8. The molecule has 6 nitrogen and oxygen atoms in total. The van der Waals surface area contributed by atoms with Crippen LogP contribution in [0.25, 0.3) is 0 Å². The summed E-state index contributed by atoms with van der Waals surface area (Å²) < 4.78 is 0. The Kier molecular flexibility index (Phi) is 6.65. The number of carbonyl (C=O) groups excluding carboxylic acids is 2. The van der Waals surface area contributed by atoms with Gasteiger partial charge in [0.05, 0.1) is 17.4 Å². The number of thiophene rings is 1. The number of rotatable bonds is 5. The molecule has 3 N–H and O–H groups in total. The van der Waals surface area contributed by atoms with Crippen LogP contribution in [0.1, 0.15) is 65.4 Å². The van der Waals surface area contributed by atoms with Gasteiger partial charge in [0.2, 0.25) is 5.91 Å². The number of carboxylic acid groups (broad SMARTS) is 1. The molecule has 0 radical (unpaired) electrons. The quantitative estimate of drug-likeness (QED) is 0.574. The van der Waals surface area contributed by atoms with E-state index in [9.17, 15) is 19.5 Å². The maximum atomic E-state index is 13.3. The molecule has 3 unspecified atom stereocenters. The first-order valence-electron chi connectivity index (χ1n) is 11.4. The number of aryl methyl sites for hydroxylation is 2. The van der Waals surface area contributed by atoms with Crippen molar-refractivity contribution in [1.82, 2.24) is 0 Å². The van der Waals surface area contributed by atoms with Gasteiger partial charge in [-0.3, -0.25) is 14.4 Å². The summed E-state index contributed by atoms with van der Waals surface area (Å²) in [6, 6.07) is 7.62. The smallest absolute Gasteiger partial charge is 0.307 e.